The van der Waals surface area contributed by atoms with Gasteiger partial charge in [0, 0.05) is 50.4 Å². The Morgan fingerprint density at radius 3 is 2.29 bits per heavy atom. The summed E-state index contributed by atoms with van der Waals surface area (Å²) in [5.74, 6) is 0.678. The van der Waals surface area contributed by atoms with E-state index in [9.17, 15) is 14.4 Å². The lowest BCUT2D eigenvalue weighted by Gasteiger charge is -2.65. The zero-order valence-corrected chi connectivity index (χ0v) is 24.4. The molecular weight excluding hydrogens is 506 g/mol. The van der Waals surface area contributed by atoms with E-state index in [0.29, 0.717) is 18.3 Å². The molecule has 4 unspecified atom stereocenters. The highest BCUT2D eigenvalue weighted by molar-refractivity contribution is 5.85. The highest BCUT2D eigenvalue weighted by Crippen LogP contribution is 2.68. The molecule has 4 aliphatic carbocycles. The number of hydrogen-bond donors (Lipinski definition) is 2. The summed E-state index contributed by atoms with van der Waals surface area (Å²) in [6.45, 7) is 7.52. The van der Waals surface area contributed by atoms with Crippen molar-refractivity contribution >= 4 is 30.4 Å². The number of likely N-dealkylation sites (tertiary alicyclic amines) is 1. The Labute approximate surface area is 233 Å². The van der Waals surface area contributed by atoms with Crippen LogP contribution in [0.2, 0.25) is 0 Å². The molecule has 1 aliphatic heterocycles. The van der Waals surface area contributed by atoms with Gasteiger partial charge in [-0.05, 0) is 87.4 Å². The second-order valence-corrected chi connectivity index (χ2v) is 13.2. The molecule has 0 aromatic rings. The van der Waals surface area contributed by atoms with Crippen molar-refractivity contribution in [2.75, 3.05) is 20.1 Å². The number of piperidine rings is 1. The van der Waals surface area contributed by atoms with E-state index in [1.165, 1.54) is 6.92 Å². The second-order valence-electron chi connectivity index (χ2n) is 13.2. The Balaban J connectivity index is 0.00000336. The van der Waals surface area contributed by atoms with E-state index in [1.54, 1.807) is 7.05 Å². The third kappa shape index (κ3) is 4.51. The fourth-order valence-corrected chi connectivity index (χ4v) is 9.69. The number of carbonyl (C=O) groups excluding carboxylic acids is 3. The molecule has 0 bridgehead atoms. The Bertz CT molecular complexity index is 928. The van der Waals surface area contributed by atoms with Gasteiger partial charge in [0.2, 0.25) is 5.91 Å². The van der Waals surface area contributed by atoms with Crippen LogP contribution in [0.15, 0.2) is 0 Å². The van der Waals surface area contributed by atoms with Gasteiger partial charge in [-0.15, -0.1) is 12.4 Å². The number of hydrogen-bond acceptors (Lipinski definition) is 6. The number of nitrogens with one attached hydrogen (secondary N) is 1. The van der Waals surface area contributed by atoms with E-state index in [1.807, 2.05) is 4.90 Å². The minimum Gasteiger partial charge on any atom is -0.462 e. The van der Waals surface area contributed by atoms with Crippen LogP contribution in [0.4, 0.5) is 4.79 Å². The first-order valence-corrected chi connectivity index (χ1v) is 14.7. The van der Waals surface area contributed by atoms with Crippen LogP contribution in [0.5, 0.6) is 0 Å². The molecule has 1 saturated heterocycles. The predicted molar refractivity (Wildman–Crippen MR) is 147 cm³/mol. The number of ether oxygens (including phenoxy) is 2. The van der Waals surface area contributed by atoms with Crippen molar-refractivity contribution in [3.05, 3.63) is 0 Å². The summed E-state index contributed by atoms with van der Waals surface area (Å²) in [4.78, 5) is 39.9. The summed E-state index contributed by atoms with van der Waals surface area (Å²) in [6.07, 6.45) is 9.35. The highest BCUT2D eigenvalue weighted by atomic mass is 35.5. The Kier molecular flexibility index (Phi) is 8.36. The summed E-state index contributed by atoms with van der Waals surface area (Å²) in [5.41, 5.74) is 6.54. The van der Waals surface area contributed by atoms with Crippen LogP contribution in [-0.2, 0) is 19.1 Å². The van der Waals surface area contributed by atoms with Gasteiger partial charge in [0.15, 0.2) is 0 Å². The molecule has 1 heterocycles. The van der Waals surface area contributed by atoms with Crippen molar-refractivity contribution in [1.82, 2.24) is 10.2 Å². The van der Waals surface area contributed by atoms with Gasteiger partial charge in [-0.2, -0.15) is 0 Å². The first kappa shape index (κ1) is 29.4. The second kappa shape index (κ2) is 10.8. The third-order valence-electron chi connectivity index (χ3n) is 11.8. The zero-order valence-electron chi connectivity index (χ0n) is 23.6. The summed E-state index contributed by atoms with van der Waals surface area (Å²) in [6, 6.07) is 0. The minimum absolute atomic E-state index is 0. The van der Waals surface area contributed by atoms with Crippen molar-refractivity contribution in [3.63, 3.8) is 0 Å². The smallest absolute Gasteiger partial charge is 0.410 e. The maximum absolute atomic E-state index is 13.3. The van der Waals surface area contributed by atoms with Crippen LogP contribution < -0.4 is 11.1 Å². The van der Waals surface area contributed by atoms with Crippen molar-refractivity contribution in [1.29, 1.82) is 0 Å². The molecule has 4 saturated carbocycles. The molecule has 5 fully saturated rings. The first-order chi connectivity index (χ1) is 17.5. The number of halogens is 1. The molecule has 8 nitrogen and oxygen atoms in total. The lowest BCUT2D eigenvalue weighted by Crippen LogP contribution is -2.69. The van der Waals surface area contributed by atoms with Crippen LogP contribution in [0, 0.1) is 34.5 Å². The molecule has 9 heteroatoms. The number of nitrogens with two attached hydrogens (primary N) is 1. The van der Waals surface area contributed by atoms with Crippen molar-refractivity contribution in [3.8, 4) is 0 Å². The van der Waals surface area contributed by atoms with Gasteiger partial charge in [0.1, 0.15) is 12.2 Å². The normalized spacial score (nSPS) is 44.0. The lowest BCUT2D eigenvalue weighted by atomic mass is 9.42. The fraction of sp³-hybridized carbons (Fsp3) is 0.897. The number of carbonyl (C=O) groups is 3. The van der Waals surface area contributed by atoms with E-state index in [4.69, 9.17) is 15.2 Å². The Morgan fingerprint density at radius 2 is 1.63 bits per heavy atom. The monoisotopic (exact) mass is 553 g/mol. The number of rotatable bonds is 3. The minimum atomic E-state index is -0.408. The summed E-state index contributed by atoms with van der Waals surface area (Å²) in [5, 5.41) is 2.89. The van der Waals surface area contributed by atoms with Gasteiger partial charge in [-0.1, -0.05) is 13.8 Å². The van der Waals surface area contributed by atoms with Crippen molar-refractivity contribution in [2.24, 2.45) is 40.2 Å². The molecule has 0 aromatic carbocycles. The average Bonchev–Trinajstić information content (AvgIpc) is 3.15. The van der Waals surface area contributed by atoms with Crippen LogP contribution >= 0.6 is 12.4 Å². The number of nitrogens with zero attached hydrogens (tertiary/aromatic N) is 1. The maximum Gasteiger partial charge on any atom is 0.410 e. The quantitative estimate of drug-likeness (QED) is 0.500. The molecule has 2 amide bonds. The van der Waals surface area contributed by atoms with Crippen molar-refractivity contribution in [2.45, 2.75) is 109 Å². The summed E-state index contributed by atoms with van der Waals surface area (Å²) >= 11 is 0. The van der Waals surface area contributed by atoms with Crippen LogP contribution in [0.1, 0.15) is 91.4 Å². The van der Waals surface area contributed by atoms with E-state index in [2.05, 4.69) is 19.2 Å². The first-order valence-electron chi connectivity index (χ1n) is 14.7. The molecule has 3 N–H and O–H groups in total. The standard InChI is InChI=1S/C29H47N3O5.ClH/c1-18(33)36-20-16-19-8-9-22-21(10-12-27(2)23(25(34)31-4)11-13-29(22,27)30)28(19,3)24(17-20)37-26(35)32-14-6-5-7-15-32;/h19-24H,5-17,30H2,1-4H3,(H,31,34);1H/t19?,20?,21-,22-,23?,24?,27-,28+,29-;/m1./s1. The molecule has 38 heavy (non-hydrogen) atoms. The van der Waals surface area contributed by atoms with Crippen LogP contribution in [-0.4, -0.2) is 60.8 Å². The summed E-state index contributed by atoms with van der Waals surface area (Å²) in [7, 11) is 1.73. The predicted octanol–water partition coefficient (Wildman–Crippen LogP) is 4.43. The molecular formula is C29H48ClN3O5. The van der Waals surface area contributed by atoms with E-state index in [0.717, 1.165) is 77.3 Å². The number of fused-ring (bicyclic) bond motifs is 5. The van der Waals surface area contributed by atoms with Gasteiger partial charge >= 0.3 is 12.1 Å². The number of esters is 1. The average molecular weight is 554 g/mol. The molecule has 0 radical (unpaired) electrons. The number of amides is 2. The molecule has 216 valence electrons. The van der Waals surface area contributed by atoms with Gasteiger partial charge in [0.25, 0.3) is 0 Å². The largest absolute Gasteiger partial charge is 0.462 e. The topological polar surface area (TPSA) is 111 Å². The van der Waals surface area contributed by atoms with Gasteiger partial charge in [0.05, 0.1) is 0 Å². The summed E-state index contributed by atoms with van der Waals surface area (Å²) < 4.78 is 12.1. The Hall–Kier alpha value is -1.54. The molecule has 5 aliphatic rings. The van der Waals surface area contributed by atoms with Gasteiger partial charge < -0.3 is 25.4 Å². The molecule has 0 spiro atoms. The van der Waals surface area contributed by atoms with Crippen LogP contribution in [0.25, 0.3) is 0 Å². The van der Waals surface area contributed by atoms with Crippen LogP contribution in [0.3, 0.4) is 0 Å². The van der Waals surface area contributed by atoms with Gasteiger partial charge in [-0.3, -0.25) is 9.59 Å². The lowest BCUT2D eigenvalue weighted by molar-refractivity contribution is -0.196. The SMILES string of the molecule is CNC(=O)C1CC[C@@]2(N)[C@@H]3CCC4CC(OC(C)=O)CC(OC(=O)N5CCCCC5)[C@]4(C)[C@@H]3CC[C@]12C.Cl. The Morgan fingerprint density at radius 1 is 0.921 bits per heavy atom. The highest BCUT2D eigenvalue weighted by Gasteiger charge is 2.69. The molecule has 5 rings (SSSR count). The van der Waals surface area contributed by atoms with E-state index >= 15 is 0 Å². The fourth-order valence-electron chi connectivity index (χ4n) is 9.69. The maximum atomic E-state index is 13.3. The van der Waals surface area contributed by atoms with Gasteiger partial charge in [-0.25, -0.2) is 4.79 Å². The van der Waals surface area contributed by atoms with E-state index in [-0.39, 0.29) is 65.3 Å². The molecule has 9 atom stereocenters. The zero-order chi connectivity index (χ0) is 26.6. The molecule has 0 aromatic heterocycles. The van der Waals surface area contributed by atoms with Crippen molar-refractivity contribution < 1.29 is 23.9 Å². The van der Waals surface area contributed by atoms with E-state index < -0.39 is 5.54 Å². The third-order valence-corrected chi connectivity index (χ3v) is 11.8.